The summed E-state index contributed by atoms with van der Waals surface area (Å²) in [5.41, 5.74) is 7.18. The molecule has 5 atom stereocenters. The predicted molar refractivity (Wildman–Crippen MR) is 99.2 cm³/mol. The topological polar surface area (TPSA) is 73.5 Å². The first-order valence-electron chi connectivity index (χ1n) is 9.49. The van der Waals surface area contributed by atoms with Gasteiger partial charge in [-0.2, -0.15) is 0 Å². The monoisotopic (exact) mass is 394 g/mol. The van der Waals surface area contributed by atoms with E-state index in [1.54, 1.807) is 17.0 Å². The van der Waals surface area contributed by atoms with E-state index in [9.17, 15) is 14.0 Å². The molecule has 2 heterocycles. The highest BCUT2D eigenvalue weighted by Crippen LogP contribution is 2.36. The fraction of sp³-hybridized carbons (Fsp3) is 0.579. The maximum atomic E-state index is 14.5. The van der Waals surface area contributed by atoms with Gasteiger partial charge in [0.25, 0.3) is 0 Å². The van der Waals surface area contributed by atoms with E-state index in [4.69, 9.17) is 11.6 Å². The lowest BCUT2D eigenvalue weighted by Gasteiger charge is -2.34. The third kappa shape index (κ3) is 3.81. The van der Waals surface area contributed by atoms with Crippen molar-refractivity contribution in [3.63, 3.8) is 0 Å². The molecule has 2 saturated heterocycles. The lowest BCUT2D eigenvalue weighted by Crippen LogP contribution is -2.50. The van der Waals surface area contributed by atoms with Crippen LogP contribution in [0.4, 0.5) is 4.39 Å². The van der Waals surface area contributed by atoms with E-state index in [0.717, 1.165) is 18.4 Å². The lowest BCUT2D eigenvalue weighted by atomic mass is 9.82. The van der Waals surface area contributed by atoms with Crippen molar-refractivity contribution in [3.05, 3.63) is 34.9 Å². The molecular formula is C19H24ClFN4O2. The van der Waals surface area contributed by atoms with E-state index in [0.29, 0.717) is 24.5 Å². The van der Waals surface area contributed by atoms with Crippen molar-refractivity contribution in [2.24, 2.45) is 11.8 Å². The fourth-order valence-electron chi connectivity index (χ4n) is 4.44. The Kier molecular flexibility index (Phi) is 5.34. The van der Waals surface area contributed by atoms with Crippen molar-refractivity contribution in [2.45, 2.75) is 50.6 Å². The van der Waals surface area contributed by atoms with Crippen molar-refractivity contribution in [1.82, 2.24) is 21.1 Å². The van der Waals surface area contributed by atoms with Gasteiger partial charge in [0.2, 0.25) is 11.8 Å². The smallest absolute Gasteiger partial charge is 0.225 e. The molecule has 0 bridgehead atoms. The number of likely N-dealkylation sites (tertiary alicyclic amines) is 1. The Hall–Kier alpha value is -1.70. The quantitative estimate of drug-likeness (QED) is 0.727. The number of hydrogen-bond acceptors (Lipinski definition) is 4. The van der Waals surface area contributed by atoms with Crippen molar-refractivity contribution in [1.29, 1.82) is 0 Å². The van der Waals surface area contributed by atoms with Gasteiger partial charge in [-0.15, -0.1) is 0 Å². The molecule has 0 spiro atoms. The Morgan fingerprint density at radius 3 is 2.81 bits per heavy atom. The average Bonchev–Trinajstić information content (AvgIpc) is 3.25. The molecule has 2 amide bonds. The van der Waals surface area contributed by atoms with Crippen LogP contribution in [-0.4, -0.2) is 41.6 Å². The second-order valence-corrected chi connectivity index (χ2v) is 8.09. The maximum Gasteiger partial charge on any atom is 0.225 e. The van der Waals surface area contributed by atoms with Gasteiger partial charge in [-0.25, -0.2) is 9.82 Å². The molecule has 1 aromatic carbocycles. The standard InChI is InChI=1S/C19H24ClFN4O2/c20-13-6-4-11(5-7-13)9-22-19(27)12-8-16(26)25(10-12)18-17-14(21)2-1-3-15(17)23-24-18/h4-7,12,14-15,17-18,23-24H,1-3,8-10H2,(H,22,27). The van der Waals surface area contributed by atoms with Gasteiger partial charge in [0.05, 0.1) is 5.92 Å². The van der Waals surface area contributed by atoms with Crippen LogP contribution in [0.1, 0.15) is 31.2 Å². The second-order valence-electron chi connectivity index (χ2n) is 7.66. The third-order valence-corrected chi connectivity index (χ3v) is 6.16. The van der Waals surface area contributed by atoms with Gasteiger partial charge in [-0.1, -0.05) is 23.7 Å². The van der Waals surface area contributed by atoms with Crippen molar-refractivity contribution >= 4 is 23.4 Å². The van der Waals surface area contributed by atoms with Crippen LogP contribution in [-0.2, 0) is 16.1 Å². The summed E-state index contributed by atoms with van der Waals surface area (Å²) in [7, 11) is 0. The van der Waals surface area contributed by atoms with E-state index in [-0.39, 0.29) is 36.4 Å². The number of nitrogens with one attached hydrogen (secondary N) is 3. The normalized spacial score (nSPS) is 33.2. The van der Waals surface area contributed by atoms with Crippen LogP contribution in [0.5, 0.6) is 0 Å². The molecule has 1 saturated carbocycles. The van der Waals surface area contributed by atoms with Crippen LogP contribution in [0.3, 0.4) is 0 Å². The van der Waals surface area contributed by atoms with Crippen LogP contribution in [0.25, 0.3) is 0 Å². The molecule has 4 rings (SSSR count). The first kappa shape index (κ1) is 18.7. The second kappa shape index (κ2) is 7.73. The zero-order valence-corrected chi connectivity index (χ0v) is 15.7. The SMILES string of the molecule is O=C(NCc1ccc(Cl)cc1)C1CC(=O)N(C2NNC3CCCC(F)C32)C1. The minimum atomic E-state index is -0.929. The van der Waals surface area contributed by atoms with Gasteiger partial charge in [-0.3, -0.25) is 15.0 Å². The Morgan fingerprint density at radius 2 is 2.04 bits per heavy atom. The van der Waals surface area contributed by atoms with Gasteiger partial charge < -0.3 is 10.2 Å². The Morgan fingerprint density at radius 1 is 1.26 bits per heavy atom. The van der Waals surface area contributed by atoms with E-state index < -0.39 is 12.1 Å². The van der Waals surface area contributed by atoms with Crippen molar-refractivity contribution in [3.8, 4) is 0 Å². The zero-order valence-electron chi connectivity index (χ0n) is 15.0. The minimum Gasteiger partial charge on any atom is -0.352 e. The van der Waals surface area contributed by atoms with E-state index in [1.165, 1.54) is 0 Å². The highest BCUT2D eigenvalue weighted by Gasteiger charge is 2.49. The molecule has 8 heteroatoms. The number of halogens is 2. The number of carbonyl (C=O) groups excluding carboxylic acids is 2. The molecule has 3 aliphatic rings. The summed E-state index contributed by atoms with van der Waals surface area (Å²) >= 11 is 5.86. The molecular weight excluding hydrogens is 371 g/mol. The Balaban J connectivity index is 1.35. The molecule has 1 aromatic rings. The van der Waals surface area contributed by atoms with Crippen LogP contribution in [0.2, 0.25) is 5.02 Å². The fourth-order valence-corrected chi connectivity index (χ4v) is 4.57. The number of benzene rings is 1. The Bertz CT molecular complexity index is 716. The van der Waals surface area contributed by atoms with Crippen LogP contribution in [0.15, 0.2) is 24.3 Å². The number of nitrogens with zero attached hydrogens (tertiary/aromatic N) is 1. The highest BCUT2D eigenvalue weighted by molar-refractivity contribution is 6.30. The number of fused-ring (bicyclic) bond motifs is 1. The van der Waals surface area contributed by atoms with E-state index >= 15 is 0 Å². The number of carbonyl (C=O) groups is 2. The van der Waals surface area contributed by atoms with Crippen molar-refractivity contribution < 1.29 is 14.0 Å². The molecule has 0 aromatic heterocycles. The molecule has 6 nitrogen and oxygen atoms in total. The summed E-state index contributed by atoms with van der Waals surface area (Å²) < 4.78 is 14.5. The van der Waals surface area contributed by atoms with Gasteiger partial charge in [0.15, 0.2) is 0 Å². The first-order chi connectivity index (χ1) is 13.0. The number of hydrogen-bond donors (Lipinski definition) is 3. The maximum absolute atomic E-state index is 14.5. The van der Waals surface area contributed by atoms with Crippen molar-refractivity contribution in [2.75, 3.05) is 6.54 Å². The molecule has 2 aliphatic heterocycles. The van der Waals surface area contributed by atoms with Gasteiger partial charge in [0, 0.05) is 36.5 Å². The largest absolute Gasteiger partial charge is 0.352 e. The summed E-state index contributed by atoms with van der Waals surface area (Å²) in [6.45, 7) is 0.710. The molecule has 3 fully saturated rings. The van der Waals surface area contributed by atoms with Gasteiger partial charge in [-0.05, 0) is 37.0 Å². The summed E-state index contributed by atoms with van der Waals surface area (Å²) in [5.74, 6) is -0.908. The number of alkyl halides is 1. The molecule has 0 radical (unpaired) electrons. The first-order valence-corrected chi connectivity index (χ1v) is 9.87. The van der Waals surface area contributed by atoms with Crippen LogP contribution < -0.4 is 16.2 Å². The number of rotatable bonds is 4. The van der Waals surface area contributed by atoms with E-state index in [1.807, 2.05) is 12.1 Å². The molecule has 5 unspecified atom stereocenters. The summed E-state index contributed by atoms with van der Waals surface area (Å²) in [4.78, 5) is 26.7. The number of amides is 2. The van der Waals surface area contributed by atoms with Crippen LogP contribution >= 0.6 is 11.6 Å². The average molecular weight is 395 g/mol. The Labute approximate surface area is 162 Å². The molecule has 27 heavy (non-hydrogen) atoms. The molecule has 1 aliphatic carbocycles. The summed E-state index contributed by atoms with van der Waals surface area (Å²) in [6, 6.07) is 7.30. The lowest BCUT2D eigenvalue weighted by molar-refractivity contribution is -0.131. The number of hydrazine groups is 1. The van der Waals surface area contributed by atoms with Gasteiger partial charge >= 0.3 is 0 Å². The van der Waals surface area contributed by atoms with Gasteiger partial charge in [0.1, 0.15) is 12.3 Å². The summed E-state index contributed by atoms with van der Waals surface area (Å²) in [5, 5.41) is 3.53. The highest BCUT2D eigenvalue weighted by atomic mass is 35.5. The molecule has 146 valence electrons. The zero-order chi connectivity index (χ0) is 19.0. The predicted octanol–water partition coefficient (Wildman–Crippen LogP) is 1.75. The summed E-state index contributed by atoms with van der Waals surface area (Å²) in [6.07, 6.45) is 1.15. The third-order valence-electron chi connectivity index (χ3n) is 5.90. The van der Waals surface area contributed by atoms with Crippen LogP contribution in [0, 0.1) is 11.8 Å². The molecule has 3 N–H and O–H groups in total. The minimum absolute atomic E-state index is 0.0457. The van der Waals surface area contributed by atoms with E-state index in [2.05, 4.69) is 16.2 Å².